The van der Waals surface area contributed by atoms with Crippen LogP contribution >= 0.6 is 24.0 Å². The Bertz CT molecular complexity index is 763. The van der Waals surface area contributed by atoms with Gasteiger partial charge in [0.05, 0.1) is 13.1 Å². The van der Waals surface area contributed by atoms with Crippen molar-refractivity contribution in [2.45, 2.75) is 27.3 Å². The van der Waals surface area contributed by atoms with Crippen LogP contribution in [0.15, 0.2) is 53.5 Å². The number of carbonyl (C=O) groups is 1. The predicted molar refractivity (Wildman–Crippen MR) is 126 cm³/mol. The predicted octanol–water partition coefficient (Wildman–Crippen LogP) is 3.71. The van der Waals surface area contributed by atoms with Gasteiger partial charge in [-0.25, -0.2) is 4.99 Å². The topological polar surface area (TPSA) is 74.8 Å². The number of nitrogens with one attached hydrogen (secondary N) is 3. The molecule has 2 aromatic rings. The lowest BCUT2D eigenvalue weighted by atomic mass is 10.2. The number of hydrogen-bond acceptors (Lipinski definition) is 3. The summed E-state index contributed by atoms with van der Waals surface area (Å²) in [5.74, 6) is 1.51. The van der Waals surface area contributed by atoms with Gasteiger partial charge in [0, 0.05) is 19.2 Å². The highest BCUT2D eigenvalue weighted by Crippen LogP contribution is 2.12. The second-order valence-corrected chi connectivity index (χ2v) is 6.17. The van der Waals surface area contributed by atoms with Crippen molar-refractivity contribution in [1.82, 2.24) is 10.6 Å². The first kappa shape index (κ1) is 23.7. The van der Waals surface area contributed by atoms with Gasteiger partial charge in [0.15, 0.2) is 5.96 Å². The maximum Gasteiger partial charge on any atom is 0.221 e. The van der Waals surface area contributed by atoms with Crippen molar-refractivity contribution >= 4 is 41.5 Å². The lowest BCUT2D eigenvalue weighted by Gasteiger charge is -2.12. The molecule has 3 N–H and O–H groups in total. The minimum atomic E-state index is -0.0840. The molecule has 2 rings (SSSR count). The zero-order valence-corrected chi connectivity index (χ0v) is 18.9. The van der Waals surface area contributed by atoms with E-state index in [-0.39, 0.29) is 29.9 Å². The quantitative estimate of drug-likeness (QED) is 0.226. The van der Waals surface area contributed by atoms with Crippen LogP contribution < -0.4 is 20.7 Å². The molecule has 0 aliphatic carbocycles. The summed E-state index contributed by atoms with van der Waals surface area (Å²) >= 11 is 0. The third kappa shape index (κ3) is 9.07. The number of ether oxygens (including phenoxy) is 1. The summed E-state index contributed by atoms with van der Waals surface area (Å²) in [6.07, 6.45) is 0. The summed E-state index contributed by atoms with van der Waals surface area (Å²) in [5.41, 5.74) is 3.01. The van der Waals surface area contributed by atoms with Gasteiger partial charge >= 0.3 is 0 Å². The normalized spacial score (nSPS) is 10.6. The van der Waals surface area contributed by atoms with Crippen molar-refractivity contribution in [3.05, 3.63) is 59.7 Å². The van der Waals surface area contributed by atoms with Crippen molar-refractivity contribution < 1.29 is 9.53 Å². The number of anilines is 1. The standard InChI is InChI=1S/C21H28N4O2.HI/c1-4-22-21(23-12-13-27-20-10-8-16(2)9-11-20)24-15-18-6-5-7-19(14-18)25-17(3)26;/h5-11,14H,4,12-13,15H2,1-3H3,(H,25,26)(H2,22,23,24);1H. The van der Waals surface area contributed by atoms with E-state index in [1.807, 2.05) is 55.5 Å². The molecule has 0 aliphatic heterocycles. The fraction of sp³-hybridized carbons (Fsp3) is 0.333. The molecule has 0 saturated carbocycles. The van der Waals surface area contributed by atoms with Gasteiger partial charge in [-0.15, -0.1) is 24.0 Å². The smallest absolute Gasteiger partial charge is 0.221 e. The van der Waals surface area contributed by atoms with Crippen LogP contribution in [0.1, 0.15) is 25.0 Å². The van der Waals surface area contributed by atoms with E-state index in [0.717, 1.165) is 29.5 Å². The molecule has 0 radical (unpaired) electrons. The summed E-state index contributed by atoms with van der Waals surface area (Å²) in [5, 5.41) is 9.27. The summed E-state index contributed by atoms with van der Waals surface area (Å²) < 4.78 is 5.72. The number of amides is 1. The molecule has 0 bridgehead atoms. The third-order valence-corrected chi connectivity index (χ3v) is 3.70. The van der Waals surface area contributed by atoms with Gasteiger partial charge < -0.3 is 20.7 Å². The van der Waals surface area contributed by atoms with E-state index >= 15 is 0 Å². The van der Waals surface area contributed by atoms with Crippen LogP contribution in [0.3, 0.4) is 0 Å². The highest BCUT2D eigenvalue weighted by Gasteiger charge is 2.00. The van der Waals surface area contributed by atoms with Crippen LogP contribution in [0.4, 0.5) is 5.69 Å². The molecule has 0 aromatic heterocycles. The first-order valence-electron chi connectivity index (χ1n) is 9.15. The van der Waals surface area contributed by atoms with Crippen LogP contribution in [0, 0.1) is 6.92 Å². The highest BCUT2D eigenvalue weighted by atomic mass is 127. The van der Waals surface area contributed by atoms with E-state index in [1.165, 1.54) is 12.5 Å². The fourth-order valence-corrected chi connectivity index (χ4v) is 2.44. The molecule has 2 aromatic carbocycles. The maximum atomic E-state index is 11.2. The van der Waals surface area contributed by atoms with Crippen LogP contribution in [-0.4, -0.2) is 31.6 Å². The Morgan fingerprint density at radius 2 is 1.86 bits per heavy atom. The zero-order valence-electron chi connectivity index (χ0n) is 16.6. The number of hydrogen-bond donors (Lipinski definition) is 3. The van der Waals surface area contributed by atoms with Crippen molar-refractivity contribution in [1.29, 1.82) is 0 Å². The number of nitrogens with zero attached hydrogens (tertiary/aromatic N) is 1. The number of rotatable bonds is 8. The largest absolute Gasteiger partial charge is 0.492 e. The van der Waals surface area contributed by atoms with Gasteiger partial charge in [-0.3, -0.25) is 4.79 Å². The van der Waals surface area contributed by atoms with E-state index < -0.39 is 0 Å². The molecular formula is C21H29IN4O2. The van der Waals surface area contributed by atoms with Gasteiger partial charge in [-0.2, -0.15) is 0 Å². The maximum absolute atomic E-state index is 11.2. The fourth-order valence-electron chi connectivity index (χ4n) is 2.44. The third-order valence-electron chi connectivity index (χ3n) is 3.70. The second-order valence-electron chi connectivity index (χ2n) is 6.17. The van der Waals surface area contributed by atoms with Crippen molar-refractivity contribution in [2.24, 2.45) is 4.99 Å². The number of carbonyl (C=O) groups excluding carboxylic acids is 1. The molecule has 152 valence electrons. The monoisotopic (exact) mass is 496 g/mol. The first-order chi connectivity index (χ1) is 13.1. The molecule has 6 nitrogen and oxygen atoms in total. The Morgan fingerprint density at radius 3 is 2.54 bits per heavy atom. The molecule has 28 heavy (non-hydrogen) atoms. The lowest BCUT2D eigenvalue weighted by Crippen LogP contribution is -2.39. The van der Waals surface area contributed by atoms with Crippen molar-refractivity contribution in [3.8, 4) is 5.75 Å². The minimum absolute atomic E-state index is 0. The zero-order chi connectivity index (χ0) is 19.5. The van der Waals surface area contributed by atoms with E-state index in [9.17, 15) is 4.79 Å². The van der Waals surface area contributed by atoms with Crippen LogP contribution in [0.5, 0.6) is 5.75 Å². The summed E-state index contributed by atoms with van der Waals surface area (Å²) in [7, 11) is 0. The SMILES string of the molecule is CCNC(=NCc1cccc(NC(C)=O)c1)NCCOc1ccc(C)cc1.I. The Morgan fingerprint density at radius 1 is 1.11 bits per heavy atom. The Balaban J connectivity index is 0.00000392. The van der Waals surface area contributed by atoms with E-state index in [1.54, 1.807) is 0 Å². The van der Waals surface area contributed by atoms with Crippen LogP contribution in [0.2, 0.25) is 0 Å². The Labute approximate surface area is 184 Å². The van der Waals surface area contributed by atoms with Crippen molar-refractivity contribution in [3.63, 3.8) is 0 Å². The summed E-state index contributed by atoms with van der Waals surface area (Å²) in [6.45, 7) is 8.06. The Hall–Kier alpha value is -2.29. The average Bonchev–Trinajstić information content (AvgIpc) is 2.64. The van der Waals surface area contributed by atoms with Crippen LogP contribution in [0.25, 0.3) is 0 Å². The molecule has 7 heteroatoms. The minimum Gasteiger partial charge on any atom is -0.492 e. The van der Waals surface area contributed by atoms with Gasteiger partial charge in [0.25, 0.3) is 0 Å². The molecule has 0 heterocycles. The number of benzene rings is 2. The molecule has 1 amide bonds. The van der Waals surface area contributed by atoms with Crippen LogP contribution in [-0.2, 0) is 11.3 Å². The molecule has 0 saturated heterocycles. The van der Waals surface area contributed by atoms with E-state index in [2.05, 4.69) is 27.9 Å². The van der Waals surface area contributed by atoms with Gasteiger partial charge in [-0.05, 0) is 43.7 Å². The average molecular weight is 496 g/mol. The molecule has 0 aliphatic rings. The van der Waals surface area contributed by atoms with E-state index in [4.69, 9.17) is 4.74 Å². The van der Waals surface area contributed by atoms with E-state index in [0.29, 0.717) is 19.7 Å². The molecule has 0 fully saturated rings. The number of guanidine groups is 1. The first-order valence-corrected chi connectivity index (χ1v) is 9.15. The molecule has 0 atom stereocenters. The summed E-state index contributed by atoms with van der Waals surface area (Å²) in [4.78, 5) is 15.8. The lowest BCUT2D eigenvalue weighted by molar-refractivity contribution is -0.114. The number of halogens is 1. The second kappa shape index (κ2) is 13.0. The van der Waals surface area contributed by atoms with Crippen molar-refractivity contribution in [2.75, 3.05) is 25.0 Å². The van der Waals surface area contributed by atoms with Gasteiger partial charge in [-0.1, -0.05) is 29.8 Å². The van der Waals surface area contributed by atoms with Gasteiger partial charge in [0.1, 0.15) is 12.4 Å². The van der Waals surface area contributed by atoms with Gasteiger partial charge in [0.2, 0.25) is 5.91 Å². The molecule has 0 spiro atoms. The molecule has 0 unspecified atom stereocenters. The Kier molecular flexibility index (Phi) is 11.0. The number of aliphatic imine (C=N–C) groups is 1. The highest BCUT2D eigenvalue weighted by molar-refractivity contribution is 14.0. The summed E-state index contributed by atoms with van der Waals surface area (Å²) in [6, 6.07) is 15.7. The molecular weight excluding hydrogens is 467 g/mol. The number of aryl methyl sites for hydroxylation is 1.